The molecule has 0 saturated carbocycles. The standard InChI is InChI=1S/C29H30BrN3O7S/c1-6-38-21-11-17(10-19(30)26(21)40-14-23(31)34)12-22-27(35)33-25(18-9-8-15(3)20(13-18)37-5)24(28(36)39-7-2)16(4)32-29(33)41-22/h8-13,25H,6-7,14H2,1-5H3,(H2,31,34)/t25-/m0/s1. The Kier molecular flexibility index (Phi) is 9.34. The number of ether oxygens (including phenoxy) is 4. The number of aromatic nitrogens is 1. The fourth-order valence-corrected chi connectivity index (χ4v) is 6.10. The van der Waals surface area contributed by atoms with Crippen LogP contribution in [0.2, 0.25) is 0 Å². The molecule has 3 aromatic rings. The number of thiazole rings is 1. The molecule has 0 radical (unpaired) electrons. The monoisotopic (exact) mass is 643 g/mol. The molecule has 0 saturated heterocycles. The van der Waals surface area contributed by atoms with Gasteiger partial charge < -0.3 is 24.7 Å². The summed E-state index contributed by atoms with van der Waals surface area (Å²) in [5.74, 6) is 0.182. The van der Waals surface area contributed by atoms with Gasteiger partial charge in [-0.05, 0) is 84.6 Å². The van der Waals surface area contributed by atoms with Gasteiger partial charge in [0.2, 0.25) is 0 Å². The first-order valence-corrected chi connectivity index (χ1v) is 14.4. The molecule has 0 spiro atoms. The lowest BCUT2D eigenvalue weighted by molar-refractivity contribution is -0.139. The molecule has 0 bridgehead atoms. The molecule has 0 fully saturated rings. The van der Waals surface area contributed by atoms with Gasteiger partial charge in [0.15, 0.2) is 22.9 Å². The van der Waals surface area contributed by atoms with Crippen molar-refractivity contribution >= 4 is 45.2 Å². The van der Waals surface area contributed by atoms with Gasteiger partial charge in [-0.3, -0.25) is 14.2 Å². The van der Waals surface area contributed by atoms with Gasteiger partial charge in [0.05, 0.1) is 46.6 Å². The molecular weight excluding hydrogens is 614 g/mol. The van der Waals surface area contributed by atoms with Crippen LogP contribution in [0.15, 0.2) is 55.9 Å². The maximum Gasteiger partial charge on any atom is 0.338 e. The zero-order valence-electron chi connectivity index (χ0n) is 23.3. The summed E-state index contributed by atoms with van der Waals surface area (Å²) in [5, 5.41) is 0. The first-order valence-electron chi connectivity index (χ1n) is 12.8. The third-order valence-corrected chi connectivity index (χ3v) is 7.83. The molecule has 2 aromatic carbocycles. The van der Waals surface area contributed by atoms with E-state index in [0.29, 0.717) is 54.5 Å². The summed E-state index contributed by atoms with van der Waals surface area (Å²) in [6.45, 7) is 7.41. The minimum atomic E-state index is -0.766. The second-order valence-corrected chi connectivity index (χ2v) is 10.9. The molecule has 12 heteroatoms. The number of methoxy groups -OCH3 is 1. The Balaban J connectivity index is 1.91. The molecule has 1 aliphatic heterocycles. The largest absolute Gasteiger partial charge is 0.496 e. The van der Waals surface area contributed by atoms with Crippen molar-refractivity contribution < 1.29 is 28.5 Å². The number of benzene rings is 2. The van der Waals surface area contributed by atoms with E-state index >= 15 is 0 Å². The Bertz CT molecular complexity index is 1720. The number of hydrogen-bond acceptors (Lipinski definition) is 9. The fourth-order valence-electron chi connectivity index (χ4n) is 4.48. The predicted octanol–water partition coefficient (Wildman–Crippen LogP) is 3.14. The molecule has 216 valence electrons. The van der Waals surface area contributed by atoms with Crippen LogP contribution in [-0.4, -0.2) is 43.4 Å². The van der Waals surface area contributed by atoms with E-state index in [-0.39, 0.29) is 24.3 Å². The minimum absolute atomic E-state index is 0.181. The smallest absolute Gasteiger partial charge is 0.338 e. The zero-order chi connectivity index (χ0) is 29.8. The lowest BCUT2D eigenvalue weighted by Crippen LogP contribution is -2.40. The molecule has 4 rings (SSSR count). The van der Waals surface area contributed by atoms with E-state index < -0.39 is 17.9 Å². The highest BCUT2D eigenvalue weighted by Gasteiger charge is 2.33. The first kappa shape index (κ1) is 30.1. The van der Waals surface area contributed by atoms with Crippen molar-refractivity contribution in [3.8, 4) is 17.2 Å². The topological polar surface area (TPSA) is 131 Å². The number of allylic oxidation sites excluding steroid dienone is 1. The van der Waals surface area contributed by atoms with Gasteiger partial charge in [-0.25, -0.2) is 9.79 Å². The highest BCUT2D eigenvalue weighted by Crippen LogP contribution is 2.37. The number of carbonyl (C=O) groups excluding carboxylic acids is 2. The number of aryl methyl sites for hydroxylation is 1. The number of nitrogens with two attached hydrogens (primary N) is 1. The second kappa shape index (κ2) is 12.7. The van der Waals surface area contributed by atoms with E-state index in [2.05, 4.69) is 20.9 Å². The highest BCUT2D eigenvalue weighted by atomic mass is 79.9. The van der Waals surface area contributed by atoms with Crippen LogP contribution in [0.25, 0.3) is 6.08 Å². The van der Waals surface area contributed by atoms with E-state index in [1.165, 1.54) is 15.9 Å². The SMILES string of the molecule is CCOC(=O)C1=C(C)N=c2sc(=Cc3cc(Br)c(OCC(N)=O)c(OCC)c3)c(=O)n2[C@H]1c1ccc(C)c(OC)c1. The van der Waals surface area contributed by atoms with Crippen molar-refractivity contribution in [1.29, 1.82) is 0 Å². The van der Waals surface area contributed by atoms with Gasteiger partial charge in [-0.1, -0.05) is 23.5 Å². The maximum absolute atomic E-state index is 14.0. The molecule has 2 N–H and O–H groups in total. The third kappa shape index (κ3) is 6.23. The zero-order valence-corrected chi connectivity index (χ0v) is 25.7. The summed E-state index contributed by atoms with van der Waals surface area (Å²) in [7, 11) is 1.57. The second-order valence-electron chi connectivity index (χ2n) is 9.05. The van der Waals surface area contributed by atoms with Crippen molar-refractivity contribution in [3.63, 3.8) is 0 Å². The predicted molar refractivity (Wildman–Crippen MR) is 158 cm³/mol. The Morgan fingerprint density at radius 3 is 2.54 bits per heavy atom. The molecule has 10 nitrogen and oxygen atoms in total. The van der Waals surface area contributed by atoms with Crippen LogP contribution in [0, 0.1) is 6.92 Å². The van der Waals surface area contributed by atoms with Gasteiger partial charge in [0, 0.05) is 0 Å². The molecule has 1 aromatic heterocycles. The summed E-state index contributed by atoms with van der Waals surface area (Å²) < 4.78 is 24.6. The van der Waals surface area contributed by atoms with Crippen LogP contribution in [-0.2, 0) is 14.3 Å². The van der Waals surface area contributed by atoms with Gasteiger partial charge >= 0.3 is 5.97 Å². The molecular formula is C29H30BrN3O7S. The van der Waals surface area contributed by atoms with Crippen molar-refractivity contribution in [2.45, 2.75) is 33.7 Å². The number of primary amides is 1. The first-order chi connectivity index (χ1) is 19.6. The fraction of sp³-hybridized carbons (Fsp3) is 0.310. The number of halogens is 1. The number of esters is 1. The number of rotatable bonds is 10. The van der Waals surface area contributed by atoms with Crippen molar-refractivity contribution in [3.05, 3.63) is 82.5 Å². The summed E-state index contributed by atoms with van der Waals surface area (Å²) in [4.78, 5) is 43.4. The van der Waals surface area contributed by atoms with Crippen molar-refractivity contribution in [2.75, 3.05) is 26.9 Å². The van der Waals surface area contributed by atoms with Crippen LogP contribution < -0.4 is 34.8 Å². The van der Waals surface area contributed by atoms with Gasteiger partial charge in [-0.2, -0.15) is 0 Å². The van der Waals surface area contributed by atoms with Crippen LogP contribution >= 0.6 is 27.3 Å². The average molecular weight is 645 g/mol. The lowest BCUT2D eigenvalue weighted by atomic mass is 9.95. The van der Waals surface area contributed by atoms with Gasteiger partial charge in [0.25, 0.3) is 11.5 Å². The highest BCUT2D eigenvalue weighted by molar-refractivity contribution is 9.10. The molecule has 0 unspecified atom stereocenters. The van der Waals surface area contributed by atoms with Crippen molar-refractivity contribution in [2.24, 2.45) is 10.7 Å². The molecule has 1 aliphatic rings. The number of amides is 1. The summed E-state index contributed by atoms with van der Waals surface area (Å²) in [6.07, 6.45) is 1.71. The molecule has 2 heterocycles. The summed E-state index contributed by atoms with van der Waals surface area (Å²) in [6, 6.07) is 8.27. The number of fused-ring (bicyclic) bond motifs is 1. The van der Waals surface area contributed by atoms with E-state index in [9.17, 15) is 14.4 Å². The Hall–Kier alpha value is -3.90. The maximum atomic E-state index is 14.0. The summed E-state index contributed by atoms with van der Waals surface area (Å²) >= 11 is 4.67. The van der Waals surface area contributed by atoms with Crippen LogP contribution in [0.1, 0.15) is 43.5 Å². The number of hydrogen-bond donors (Lipinski definition) is 1. The van der Waals surface area contributed by atoms with E-state index in [0.717, 1.165) is 5.56 Å². The quantitative estimate of drug-likeness (QED) is 0.336. The van der Waals surface area contributed by atoms with Gasteiger partial charge in [0.1, 0.15) is 5.75 Å². The normalized spacial score (nSPS) is 14.8. The van der Waals surface area contributed by atoms with Crippen LogP contribution in [0.4, 0.5) is 0 Å². The van der Waals surface area contributed by atoms with E-state index in [4.69, 9.17) is 24.7 Å². The summed E-state index contributed by atoms with van der Waals surface area (Å²) in [5.41, 5.74) is 7.92. The lowest BCUT2D eigenvalue weighted by Gasteiger charge is -2.25. The third-order valence-electron chi connectivity index (χ3n) is 6.25. The Morgan fingerprint density at radius 1 is 1.12 bits per heavy atom. The molecule has 1 amide bonds. The molecule has 1 atom stereocenters. The Labute approximate surface area is 248 Å². The Morgan fingerprint density at radius 2 is 1.88 bits per heavy atom. The number of carbonyl (C=O) groups is 2. The van der Waals surface area contributed by atoms with E-state index in [1.54, 1.807) is 39.2 Å². The van der Waals surface area contributed by atoms with Crippen LogP contribution in [0.3, 0.4) is 0 Å². The average Bonchev–Trinajstić information content (AvgIpc) is 3.21. The van der Waals surface area contributed by atoms with Gasteiger partial charge in [-0.15, -0.1) is 0 Å². The minimum Gasteiger partial charge on any atom is -0.496 e. The number of nitrogens with zero attached hydrogens (tertiary/aromatic N) is 2. The molecule has 0 aliphatic carbocycles. The van der Waals surface area contributed by atoms with Crippen LogP contribution in [0.5, 0.6) is 17.2 Å². The van der Waals surface area contributed by atoms with E-state index in [1.807, 2.05) is 32.0 Å². The van der Waals surface area contributed by atoms with Crippen molar-refractivity contribution in [1.82, 2.24) is 4.57 Å². The molecule has 41 heavy (non-hydrogen) atoms.